The maximum absolute atomic E-state index is 6.41. The fourth-order valence-corrected chi connectivity index (χ4v) is 8.24. The van der Waals surface area contributed by atoms with Crippen molar-refractivity contribution in [3.63, 3.8) is 0 Å². The molecule has 4 heteroatoms. The lowest BCUT2D eigenvalue weighted by Crippen LogP contribution is -2.10. The number of benzene rings is 7. The third kappa shape index (κ3) is 3.77. The van der Waals surface area contributed by atoms with Gasteiger partial charge in [0.1, 0.15) is 22.3 Å². The molecule has 0 fully saturated rings. The lowest BCUT2D eigenvalue weighted by Gasteiger charge is -2.27. The number of rotatable bonds is 4. The zero-order valence-corrected chi connectivity index (χ0v) is 25.4. The Hall–Kier alpha value is -5.84. The number of thiophene rings is 1. The second-order valence-corrected chi connectivity index (χ2v) is 12.7. The number of anilines is 3. The van der Waals surface area contributed by atoms with E-state index in [1.807, 2.05) is 35.6 Å². The van der Waals surface area contributed by atoms with Gasteiger partial charge in [0.15, 0.2) is 0 Å². The van der Waals surface area contributed by atoms with Gasteiger partial charge in [0, 0.05) is 59.2 Å². The van der Waals surface area contributed by atoms with Crippen LogP contribution in [0.1, 0.15) is 0 Å². The summed E-state index contributed by atoms with van der Waals surface area (Å²) in [7, 11) is 0. The van der Waals surface area contributed by atoms with Gasteiger partial charge in [0.25, 0.3) is 0 Å². The van der Waals surface area contributed by atoms with E-state index in [-0.39, 0.29) is 0 Å². The molecule has 46 heavy (non-hydrogen) atoms. The van der Waals surface area contributed by atoms with Crippen molar-refractivity contribution >= 4 is 92.4 Å². The van der Waals surface area contributed by atoms with Crippen LogP contribution in [0.2, 0.25) is 0 Å². The molecule has 0 amide bonds. The van der Waals surface area contributed by atoms with E-state index >= 15 is 0 Å². The molecule has 0 saturated heterocycles. The van der Waals surface area contributed by atoms with Crippen LogP contribution in [-0.2, 0) is 0 Å². The van der Waals surface area contributed by atoms with Crippen molar-refractivity contribution < 1.29 is 8.83 Å². The summed E-state index contributed by atoms with van der Waals surface area (Å²) in [5, 5.41) is 6.93. The van der Waals surface area contributed by atoms with Crippen LogP contribution < -0.4 is 4.90 Å². The Labute approximate surface area is 268 Å². The number of hydrogen-bond acceptors (Lipinski definition) is 4. The summed E-state index contributed by atoms with van der Waals surface area (Å²) in [5.41, 5.74) is 9.19. The molecule has 3 nitrogen and oxygen atoms in total. The molecule has 0 spiro atoms. The summed E-state index contributed by atoms with van der Waals surface area (Å²) in [6, 6.07) is 53.6. The van der Waals surface area contributed by atoms with Crippen molar-refractivity contribution in [2.75, 3.05) is 4.90 Å². The lowest BCUT2D eigenvalue weighted by atomic mass is 10.00. The van der Waals surface area contributed by atoms with Crippen LogP contribution in [0, 0.1) is 0 Å². The summed E-state index contributed by atoms with van der Waals surface area (Å²) in [4.78, 5) is 2.38. The maximum atomic E-state index is 6.41. The minimum Gasteiger partial charge on any atom is -0.456 e. The van der Waals surface area contributed by atoms with Crippen LogP contribution in [0.5, 0.6) is 0 Å². The summed E-state index contributed by atoms with van der Waals surface area (Å²) in [5.74, 6) is 0. The van der Waals surface area contributed by atoms with E-state index in [0.717, 1.165) is 60.9 Å². The standard InChI is InChI=1S/C42H25NO2S/c1-2-10-26(11-3-1)29-21-22-35(41-33-14-6-9-17-40(33)46-42(29)41)43(27-19-23-38-34(24-27)31-13-5-8-16-37(31)44-38)28-18-20-32-30-12-4-7-15-36(30)45-39(32)25-28/h1-25H. The summed E-state index contributed by atoms with van der Waals surface area (Å²) in [6.45, 7) is 0. The summed E-state index contributed by atoms with van der Waals surface area (Å²) in [6.07, 6.45) is 0. The number of nitrogens with zero attached hydrogens (tertiary/aromatic N) is 1. The van der Waals surface area contributed by atoms with Crippen LogP contribution in [0.25, 0.3) is 75.2 Å². The van der Waals surface area contributed by atoms with Gasteiger partial charge in [0.2, 0.25) is 0 Å². The van der Waals surface area contributed by atoms with Gasteiger partial charge in [0.05, 0.1) is 5.69 Å². The highest BCUT2D eigenvalue weighted by Crippen LogP contribution is 2.49. The Bertz CT molecular complexity index is 2770. The van der Waals surface area contributed by atoms with E-state index in [1.54, 1.807) is 0 Å². The normalized spacial score (nSPS) is 11.9. The van der Waals surface area contributed by atoms with Gasteiger partial charge >= 0.3 is 0 Å². The van der Waals surface area contributed by atoms with Crippen LogP contribution in [0.15, 0.2) is 160 Å². The molecule has 10 aromatic rings. The summed E-state index contributed by atoms with van der Waals surface area (Å²) >= 11 is 1.86. The first-order valence-electron chi connectivity index (χ1n) is 15.4. The molecule has 3 heterocycles. The molecule has 0 bridgehead atoms. The fourth-order valence-electron chi connectivity index (χ4n) is 6.98. The fraction of sp³-hybridized carbons (Fsp3) is 0. The number of hydrogen-bond donors (Lipinski definition) is 0. The summed E-state index contributed by atoms with van der Waals surface area (Å²) < 4.78 is 15.2. The molecule has 7 aromatic carbocycles. The maximum Gasteiger partial charge on any atom is 0.137 e. The molecule has 0 radical (unpaired) electrons. The first-order chi connectivity index (χ1) is 22.8. The highest BCUT2D eigenvalue weighted by Gasteiger charge is 2.22. The molecule has 216 valence electrons. The zero-order chi connectivity index (χ0) is 30.2. The van der Waals surface area contributed by atoms with Crippen molar-refractivity contribution in [1.29, 1.82) is 0 Å². The van der Waals surface area contributed by atoms with E-state index in [9.17, 15) is 0 Å². The Balaban J connectivity index is 1.29. The van der Waals surface area contributed by atoms with E-state index in [2.05, 4.69) is 132 Å². The smallest absolute Gasteiger partial charge is 0.137 e. The average molecular weight is 608 g/mol. The molecule has 3 aromatic heterocycles. The monoisotopic (exact) mass is 607 g/mol. The predicted octanol–water partition coefficient (Wildman–Crippen LogP) is 13.0. The molecular weight excluding hydrogens is 583 g/mol. The highest BCUT2D eigenvalue weighted by atomic mass is 32.1. The molecule has 0 aliphatic carbocycles. The largest absolute Gasteiger partial charge is 0.456 e. The molecule has 0 aliphatic heterocycles. The minimum absolute atomic E-state index is 0.867. The third-order valence-electron chi connectivity index (χ3n) is 9.07. The second-order valence-electron chi connectivity index (χ2n) is 11.7. The van der Waals surface area contributed by atoms with Crippen molar-refractivity contribution in [3.8, 4) is 11.1 Å². The van der Waals surface area contributed by atoms with Crippen molar-refractivity contribution in [1.82, 2.24) is 0 Å². The SMILES string of the molecule is c1ccc(-c2ccc(N(c3ccc4c(c3)oc3ccccc34)c3ccc4oc5ccccc5c4c3)c3c2sc2ccccc23)cc1. The second kappa shape index (κ2) is 9.83. The number of furan rings is 2. The van der Waals surface area contributed by atoms with E-state index in [0.29, 0.717) is 0 Å². The van der Waals surface area contributed by atoms with E-state index in [4.69, 9.17) is 8.83 Å². The van der Waals surface area contributed by atoms with E-state index < -0.39 is 0 Å². The quantitative estimate of drug-likeness (QED) is 0.199. The van der Waals surface area contributed by atoms with Gasteiger partial charge in [-0.3, -0.25) is 0 Å². The minimum atomic E-state index is 0.867. The van der Waals surface area contributed by atoms with Gasteiger partial charge in [-0.05, 0) is 65.7 Å². The lowest BCUT2D eigenvalue weighted by molar-refractivity contribution is 0.668. The Morgan fingerprint density at radius 3 is 1.87 bits per heavy atom. The molecular formula is C42H25NO2S. The third-order valence-corrected chi connectivity index (χ3v) is 10.3. The Morgan fingerprint density at radius 1 is 0.435 bits per heavy atom. The Morgan fingerprint density at radius 2 is 1.04 bits per heavy atom. The molecule has 0 N–H and O–H groups in total. The predicted molar refractivity (Wildman–Crippen MR) is 194 cm³/mol. The van der Waals surface area contributed by atoms with Crippen LogP contribution in [0.4, 0.5) is 17.1 Å². The number of para-hydroxylation sites is 2. The van der Waals surface area contributed by atoms with Gasteiger partial charge in [-0.15, -0.1) is 11.3 Å². The van der Waals surface area contributed by atoms with Crippen molar-refractivity contribution in [3.05, 3.63) is 152 Å². The van der Waals surface area contributed by atoms with Crippen molar-refractivity contribution in [2.24, 2.45) is 0 Å². The highest BCUT2D eigenvalue weighted by molar-refractivity contribution is 7.26. The average Bonchev–Trinajstić information content (AvgIpc) is 3.80. The van der Waals surface area contributed by atoms with Gasteiger partial charge in [-0.2, -0.15) is 0 Å². The van der Waals surface area contributed by atoms with Crippen LogP contribution >= 0.6 is 11.3 Å². The van der Waals surface area contributed by atoms with Crippen molar-refractivity contribution in [2.45, 2.75) is 0 Å². The zero-order valence-electron chi connectivity index (χ0n) is 24.6. The first-order valence-corrected chi connectivity index (χ1v) is 16.2. The molecule has 10 rings (SSSR count). The van der Waals surface area contributed by atoms with Gasteiger partial charge < -0.3 is 13.7 Å². The Kier molecular flexibility index (Phi) is 5.45. The molecule has 0 saturated carbocycles. The van der Waals surface area contributed by atoms with E-state index in [1.165, 1.54) is 31.3 Å². The molecule has 0 unspecified atom stereocenters. The number of fused-ring (bicyclic) bond motifs is 9. The first kappa shape index (κ1) is 25.5. The van der Waals surface area contributed by atoms with Gasteiger partial charge in [-0.1, -0.05) is 91.0 Å². The van der Waals surface area contributed by atoms with Crippen LogP contribution in [-0.4, -0.2) is 0 Å². The topological polar surface area (TPSA) is 29.5 Å². The van der Waals surface area contributed by atoms with Gasteiger partial charge in [-0.25, -0.2) is 0 Å². The van der Waals surface area contributed by atoms with Crippen LogP contribution in [0.3, 0.4) is 0 Å². The molecule has 0 aliphatic rings. The molecule has 0 atom stereocenters.